The molecule has 1 amide bonds. The van der Waals surface area contributed by atoms with E-state index in [9.17, 15) is 9.18 Å². The number of halogens is 1. The average Bonchev–Trinajstić information content (AvgIpc) is 3.05. The lowest BCUT2D eigenvalue weighted by molar-refractivity contribution is 0.0941. The number of amides is 1. The van der Waals surface area contributed by atoms with Crippen LogP contribution in [0.2, 0.25) is 0 Å². The number of carbonyl (C=O) groups is 1. The second-order valence-corrected chi connectivity index (χ2v) is 6.75. The summed E-state index contributed by atoms with van der Waals surface area (Å²) in [5.74, 6) is -0.258. The lowest BCUT2D eigenvalue weighted by Crippen LogP contribution is -2.29. The number of hydrogen-bond acceptors (Lipinski definition) is 2. The van der Waals surface area contributed by atoms with Crippen molar-refractivity contribution < 1.29 is 9.18 Å². The van der Waals surface area contributed by atoms with Crippen LogP contribution in [0.3, 0.4) is 0 Å². The molecule has 0 saturated carbocycles. The Kier molecular flexibility index (Phi) is 5.16. The van der Waals surface area contributed by atoms with E-state index in [1.807, 2.05) is 45.0 Å². The van der Waals surface area contributed by atoms with Gasteiger partial charge in [0, 0.05) is 12.1 Å². The average molecular weight is 351 g/mol. The molecule has 0 aliphatic carbocycles. The number of benzene rings is 2. The van der Waals surface area contributed by atoms with Gasteiger partial charge in [0.15, 0.2) is 0 Å². The van der Waals surface area contributed by atoms with E-state index >= 15 is 0 Å². The predicted octanol–water partition coefficient (Wildman–Crippen LogP) is 4.37. The van der Waals surface area contributed by atoms with Crippen molar-refractivity contribution in [2.24, 2.45) is 5.92 Å². The number of rotatable bonds is 5. The topological polar surface area (TPSA) is 46.9 Å². The molecule has 0 aliphatic rings. The second kappa shape index (κ2) is 7.52. The van der Waals surface area contributed by atoms with Crippen LogP contribution in [-0.4, -0.2) is 22.2 Å². The highest BCUT2D eigenvalue weighted by atomic mass is 19.1. The molecule has 0 radical (unpaired) electrons. The zero-order valence-corrected chi connectivity index (χ0v) is 15.2. The van der Waals surface area contributed by atoms with E-state index in [0.29, 0.717) is 29.4 Å². The number of hydrogen-bond donors (Lipinski definition) is 1. The van der Waals surface area contributed by atoms with Crippen molar-refractivity contribution in [1.82, 2.24) is 15.1 Å². The van der Waals surface area contributed by atoms with Gasteiger partial charge in [0.25, 0.3) is 5.91 Å². The van der Waals surface area contributed by atoms with Crippen LogP contribution in [0, 0.1) is 18.7 Å². The van der Waals surface area contributed by atoms with Gasteiger partial charge < -0.3 is 5.32 Å². The highest BCUT2D eigenvalue weighted by molar-refractivity contribution is 5.94. The van der Waals surface area contributed by atoms with Gasteiger partial charge in [0.1, 0.15) is 11.5 Å². The normalized spacial score (nSPS) is 11.0. The first-order valence-electron chi connectivity index (χ1n) is 8.66. The van der Waals surface area contributed by atoms with Gasteiger partial charge in [-0.25, -0.2) is 9.07 Å². The van der Waals surface area contributed by atoms with Crippen LogP contribution in [0.4, 0.5) is 4.39 Å². The molecule has 0 atom stereocenters. The van der Waals surface area contributed by atoms with E-state index < -0.39 is 0 Å². The lowest BCUT2D eigenvalue weighted by atomic mass is 10.1. The van der Waals surface area contributed by atoms with Crippen molar-refractivity contribution in [2.45, 2.75) is 20.8 Å². The highest BCUT2D eigenvalue weighted by Gasteiger charge is 2.19. The fourth-order valence-corrected chi connectivity index (χ4v) is 2.69. The standard InChI is InChI=1S/C21H22FN3O/c1-14(2)13-23-21(26)20-12-19(17-9-4-5-10-18(17)22)24-25(20)16-8-6-7-15(3)11-16/h4-12,14H,13H2,1-3H3,(H,23,26). The van der Waals surface area contributed by atoms with Crippen LogP contribution >= 0.6 is 0 Å². The zero-order valence-electron chi connectivity index (χ0n) is 15.2. The summed E-state index contributed by atoms with van der Waals surface area (Å²) in [4.78, 5) is 12.7. The summed E-state index contributed by atoms with van der Waals surface area (Å²) < 4.78 is 15.8. The smallest absolute Gasteiger partial charge is 0.270 e. The molecule has 3 rings (SSSR count). The molecule has 26 heavy (non-hydrogen) atoms. The minimum Gasteiger partial charge on any atom is -0.350 e. The Labute approximate surface area is 152 Å². The van der Waals surface area contributed by atoms with Crippen LogP contribution in [0.5, 0.6) is 0 Å². The van der Waals surface area contributed by atoms with Gasteiger partial charge in [0.2, 0.25) is 0 Å². The number of carbonyl (C=O) groups excluding carboxylic acids is 1. The Morgan fingerprint density at radius 2 is 1.92 bits per heavy atom. The Morgan fingerprint density at radius 1 is 1.15 bits per heavy atom. The maximum atomic E-state index is 14.2. The van der Waals surface area contributed by atoms with Gasteiger partial charge in [-0.05, 0) is 48.7 Å². The molecule has 0 spiro atoms. The third-order valence-corrected chi connectivity index (χ3v) is 4.01. The zero-order chi connectivity index (χ0) is 18.7. The van der Waals surface area contributed by atoms with Gasteiger partial charge in [-0.2, -0.15) is 5.10 Å². The summed E-state index contributed by atoms with van der Waals surface area (Å²) in [6.07, 6.45) is 0. The number of aromatic nitrogens is 2. The molecule has 4 nitrogen and oxygen atoms in total. The number of aryl methyl sites for hydroxylation is 1. The van der Waals surface area contributed by atoms with E-state index in [-0.39, 0.29) is 11.7 Å². The Bertz CT molecular complexity index is 931. The van der Waals surface area contributed by atoms with Crippen molar-refractivity contribution in [3.8, 4) is 16.9 Å². The third-order valence-electron chi connectivity index (χ3n) is 4.01. The first-order valence-corrected chi connectivity index (χ1v) is 8.66. The summed E-state index contributed by atoms with van der Waals surface area (Å²) in [6.45, 7) is 6.60. The van der Waals surface area contributed by atoms with Crippen LogP contribution in [0.1, 0.15) is 29.9 Å². The minimum atomic E-state index is -0.365. The summed E-state index contributed by atoms with van der Waals surface area (Å²) in [5, 5.41) is 7.43. The van der Waals surface area contributed by atoms with Crippen molar-refractivity contribution in [3.05, 3.63) is 71.7 Å². The minimum absolute atomic E-state index is 0.227. The van der Waals surface area contributed by atoms with E-state index in [4.69, 9.17) is 0 Å². The Morgan fingerprint density at radius 3 is 2.62 bits per heavy atom. The second-order valence-electron chi connectivity index (χ2n) is 6.75. The molecule has 0 aliphatic heterocycles. The third kappa shape index (κ3) is 3.82. The first-order chi connectivity index (χ1) is 12.5. The molecule has 0 unspecified atom stereocenters. The predicted molar refractivity (Wildman–Crippen MR) is 101 cm³/mol. The summed E-state index contributed by atoms with van der Waals surface area (Å²) in [7, 11) is 0. The maximum absolute atomic E-state index is 14.2. The molecule has 0 bridgehead atoms. The van der Waals surface area contributed by atoms with Crippen molar-refractivity contribution in [3.63, 3.8) is 0 Å². The molecular formula is C21H22FN3O. The quantitative estimate of drug-likeness (QED) is 0.742. The SMILES string of the molecule is Cc1cccc(-n2nc(-c3ccccc3F)cc2C(=O)NCC(C)C)c1. The molecule has 0 fully saturated rings. The lowest BCUT2D eigenvalue weighted by Gasteiger charge is -2.10. The maximum Gasteiger partial charge on any atom is 0.270 e. The Balaban J connectivity index is 2.09. The van der Waals surface area contributed by atoms with Crippen LogP contribution in [-0.2, 0) is 0 Å². The van der Waals surface area contributed by atoms with Crippen LogP contribution in [0.15, 0.2) is 54.6 Å². The van der Waals surface area contributed by atoms with Gasteiger partial charge in [-0.3, -0.25) is 4.79 Å². The van der Waals surface area contributed by atoms with Gasteiger partial charge in [-0.15, -0.1) is 0 Å². The molecule has 5 heteroatoms. The highest BCUT2D eigenvalue weighted by Crippen LogP contribution is 2.24. The Hall–Kier alpha value is -2.95. The van der Waals surface area contributed by atoms with E-state index in [0.717, 1.165) is 11.3 Å². The van der Waals surface area contributed by atoms with E-state index in [1.54, 1.807) is 28.9 Å². The molecule has 1 heterocycles. The van der Waals surface area contributed by atoms with Crippen LogP contribution < -0.4 is 5.32 Å². The van der Waals surface area contributed by atoms with Crippen molar-refractivity contribution in [2.75, 3.05) is 6.54 Å². The van der Waals surface area contributed by atoms with E-state index in [1.165, 1.54) is 6.07 Å². The molecule has 2 aromatic carbocycles. The number of nitrogens with one attached hydrogen (secondary N) is 1. The van der Waals surface area contributed by atoms with Gasteiger partial charge >= 0.3 is 0 Å². The van der Waals surface area contributed by atoms with Gasteiger partial charge in [0.05, 0.1) is 11.4 Å². The summed E-state index contributed by atoms with van der Waals surface area (Å²) in [6, 6.07) is 15.8. The fourth-order valence-electron chi connectivity index (χ4n) is 2.69. The van der Waals surface area contributed by atoms with E-state index in [2.05, 4.69) is 10.4 Å². The first kappa shape index (κ1) is 17.9. The summed E-state index contributed by atoms with van der Waals surface area (Å²) >= 11 is 0. The van der Waals surface area contributed by atoms with Gasteiger partial charge in [-0.1, -0.05) is 38.1 Å². The molecule has 3 aromatic rings. The molecule has 1 aromatic heterocycles. The monoisotopic (exact) mass is 351 g/mol. The molecule has 1 N–H and O–H groups in total. The molecular weight excluding hydrogens is 329 g/mol. The fraction of sp³-hybridized carbons (Fsp3) is 0.238. The summed E-state index contributed by atoms with van der Waals surface area (Å²) in [5.41, 5.74) is 3.01. The molecule has 0 saturated heterocycles. The molecule has 134 valence electrons. The largest absolute Gasteiger partial charge is 0.350 e. The van der Waals surface area contributed by atoms with Crippen LogP contribution in [0.25, 0.3) is 16.9 Å². The van der Waals surface area contributed by atoms with Crippen molar-refractivity contribution in [1.29, 1.82) is 0 Å². The van der Waals surface area contributed by atoms with Crippen molar-refractivity contribution >= 4 is 5.91 Å². The number of nitrogens with zero attached hydrogens (tertiary/aromatic N) is 2.